The van der Waals surface area contributed by atoms with Crippen molar-refractivity contribution in [1.29, 1.82) is 0 Å². The Balaban J connectivity index is 1.48. The molecule has 3 saturated carbocycles. The van der Waals surface area contributed by atoms with E-state index in [2.05, 4.69) is 32.2 Å². The first-order valence-electron chi connectivity index (χ1n) is 14.3. The van der Waals surface area contributed by atoms with Crippen molar-refractivity contribution >= 4 is 6.09 Å². The number of carbonyl (C=O) groups is 1. The first-order valence-corrected chi connectivity index (χ1v) is 14.3. The number of alkyl carbamates (subject to hydrolysis) is 1. The van der Waals surface area contributed by atoms with E-state index in [1.165, 1.54) is 57.8 Å². The quantitative estimate of drug-likeness (QED) is 0.299. The van der Waals surface area contributed by atoms with Crippen molar-refractivity contribution in [2.75, 3.05) is 13.1 Å². The number of hydrogen-bond donors (Lipinski definition) is 2. The lowest BCUT2D eigenvalue weighted by molar-refractivity contribution is -0.00989. The molecule has 4 nitrogen and oxygen atoms in total. The summed E-state index contributed by atoms with van der Waals surface area (Å²) in [6.07, 6.45) is 17.8. The van der Waals surface area contributed by atoms with Crippen LogP contribution in [0.2, 0.25) is 0 Å². The van der Waals surface area contributed by atoms with Crippen LogP contribution >= 0.6 is 0 Å². The van der Waals surface area contributed by atoms with Gasteiger partial charge in [-0.2, -0.15) is 0 Å². The van der Waals surface area contributed by atoms with E-state index in [0.717, 1.165) is 54.8 Å². The van der Waals surface area contributed by atoms with Crippen molar-refractivity contribution < 1.29 is 9.53 Å². The molecule has 0 aliphatic heterocycles. The van der Waals surface area contributed by atoms with Gasteiger partial charge in [-0.3, -0.25) is 0 Å². The number of nitrogens with two attached hydrogens (primary N) is 1. The van der Waals surface area contributed by atoms with Crippen LogP contribution in [0.4, 0.5) is 4.79 Å². The molecule has 4 rings (SSSR count). The van der Waals surface area contributed by atoms with Crippen LogP contribution < -0.4 is 11.1 Å². The molecule has 3 fully saturated rings. The van der Waals surface area contributed by atoms with E-state index in [1.54, 1.807) is 5.57 Å². The standard InChI is InChI=1S/C29H50N2O2/c1-19(2)7-4-8-20(3)27-18-23(33-29(32)31-16-6-15-30)17-22-12-13-25-24-10-5-9-21(24)11-14-26(25)28(22)27/h12,19-21,23-28H,4-11,13-18,30H2,1-3H3,(H,31,32)/t20-,21?,23?,24?,25?,26?,27?,28?/m1/s1. The summed E-state index contributed by atoms with van der Waals surface area (Å²) in [7, 11) is 0. The van der Waals surface area contributed by atoms with Crippen molar-refractivity contribution in [3.05, 3.63) is 11.6 Å². The fourth-order valence-corrected chi connectivity index (χ4v) is 8.25. The molecule has 4 aliphatic carbocycles. The van der Waals surface area contributed by atoms with Crippen molar-refractivity contribution in [2.24, 2.45) is 53.1 Å². The summed E-state index contributed by atoms with van der Waals surface area (Å²) in [6.45, 7) is 8.38. The first kappa shape index (κ1) is 25.1. The summed E-state index contributed by atoms with van der Waals surface area (Å²) in [4.78, 5) is 12.4. The molecule has 0 spiro atoms. The lowest BCUT2D eigenvalue weighted by Gasteiger charge is -2.53. The Morgan fingerprint density at radius 3 is 2.73 bits per heavy atom. The van der Waals surface area contributed by atoms with Crippen LogP contribution in [0.1, 0.15) is 97.8 Å². The van der Waals surface area contributed by atoms with E-state index in [1.807, 2.05) is 0 Å². The molecule has 188 valence electrons. The van der Waals surface area contributed by atoms with Gasteiger partial charge in [-0.15, -0.1) is 0 Å². The Kier molecular flexibility index (Phi) is 8.81. The van der Waals surface area contributed by atoms with E-state index in [-0.39, 0.29) is 12.2 Å². The van der Waals surface area contributed by atoms with Gasteiger partial charge in [0.15, 0.2) is 0 Å². The third-order valence-corrected chi connectivity index (χ3v) is 9.79. The maximum Gasteiger partial charge on any atom is 0.407 e. The molecule has 0 heterocycles. The van der Waals surface area contributed by atoms with Crippen LogP contribution in [0.25, 0.3) is 0 Å². The molecule has 0 radical (unpaired) electrons. The van der Waals surface area contributed by atoms with Gasteiger partial charge in [0.2, 0.25) is 0 Å². The highest BCUT2D eigenvalue weighted by Crippen LogP contribution is 2.58. The summed E-state index contributed by atoms with van der Waals surface area (Å²) >= 11 is 0. The molecule has 33 heavy (non-hydrogen) atoms. The summed E-state index contributed by atoms with van der Waals surface area (Å²) in [5, 5.41) is 2.90. The lowest BCUT2D eigenvalue weighted by atomic mass is 9.53. The second-order valence-corrected chi connectivity index (χ2v) is 12.3. The topological polar surface area (TPSA) is 64.3 Å². The van der Waals surface area contributed by atoms with Gasteiger partial charge in [0.05, 0.1) is 0 Å². The SMILES string of the molecule is CC(C)CCC[C@@H](C)C1CC(OC(=O)NCCCN)CC2=CCC3C4CCCC4CCC3C21. The molecule has 0 bridgehead atoms. The zero-order valence-electron chi connectivity index (χ0n) is 21.6. The predicted octanol–water partition coefficient (Wildman–Crippen LogP) is 6.69. The number of nitrogens with one attached hydrogen (secondary N) is 1. The summed E-state index contributed by atoms with van der Waals surface area (Å²) in [5.74, 6) is 6.67. The number of fused-ring (bicyclic) bond motifs is 5. The highest BCUT2D eigenvalue weighted by Gasteiger charge is 2.50. The number of hydrogen-bond acceptors (Lipinski definition) is 3. The van der Waals surface area contributed by atoms with E-state index in [4.69, 9.17) is 10.5 Å². The summed E-state index contributed by atoms with van der Waals surface area (Å²) < 4.78 is 5.98. The summed E-state index contributed by atoms with van der Waals surface area (Å²) in [5.41, 5.74) is 7.21. The van der Waals surface area contributed by atoms with Gasteiger partial charge in [0.25, 0.3) is 0 Å². The number of rotatable bonds is 9. The second kappa shape index (κ2) is 11.6. The third-order valence-electron chi connectivity index (χ3n) is 9.79. The number of carbonyl (C=O) groups excluding carboxylic acids is 1. The van der Waals surface area contributed by atoms with Crippen LogP contribution in [-0.2, 0) is 4.74 Å². The highest BCUT2D eigenvalue weighted by atomic mass is 16.6. The Labute approximate surface area is 202 Å². The van der Waals surface area contributed by atoms with Gasteiger partial charge in [-0.05, 0) is 92.4 Å². The number of ether oxygens (including phenoxy) is 1. The van der Waals surface area contributed by atoms with Gasteiger partial charge in [-0.25, -0.2) is 4.79 Å². The van der Waals surface area contributed by atoms with Crippen molar-refractivity contribution in [3.8, 4) is 0 Å². The van der Waals surface area contributed by atoms with Gasteiger partial charge >= 0.3 is 6.09 Å². The minimum Gasteiger partial charge on any atom is -0.446 e. The van der Waals surface area contributed by atoms with Crippen molar-refractivity contribution in [1.82, 2.24) is 5.32 Å². The van der Waals surface area contributed by atoms with Crippen LogP contribution in [0.3, 0.4) is 0 Å². The largest absolute Gasteiger partial charge is 0.446 e. The minimum atomic E-state index is -0.251. The molecular formula is C29H50N2O2. The molecule has 3 N–H and O–H groups in total. The molecular weight excluding hydrogens is 408 g/mol. The average Bonchev–Trinajstić information content (AvgIpc) is 3.27. The zero-order valence-corrected chi connectivity index (χ0v) is 21.6. The smallest absolute Gasteiger partial charge is 0.407 e. The van der Waals surface area contributed by atoms with Crippen molar-refractivity contribution in [3.63, 3.8) is 0 Å². The molecule has 0 aromatic heterocycles. The van der Waals surface area contributed by atoms with Crippen LogP contribution in [0.15, 0.2) is 11.6 Å². The zero-order chi connectivity index (χ0) is 23.4. The molecule has 4 aliphatic rings. The van der Waals surface area contributed by atoms with E-state index < -0.39 is 0 Å². The van der Waals surface area contributed by atoms with Crippen molar-refractivity contribution in [2.45, 2.75) is 104 Å². The van der Waals surface area contributed by atoms with Gasteiger partial charge in [-0.1, -0.05) is 64.5 Å². The molecule has 7 unspecified atom stereocenters. The maximum absolute atomic E-state index is 12.4. The van der Waals surface area contributed by atoms with Crippen LogP contribution in [-0.4, -0.2) is 25.3 Å². The van der Waals surface area contributed by atoms with E-state index in [9.17, 15) is 4.79 Å². The Morgan fingerprint density at radius 1 is 1.09 bits per heavy atom. The number of amides is 1. The highest BCUT2D eigenvalue weighted by molar-refractivity contribution is 5.67. The Hall–Kier alpha value is -1.03. The Morgan fingerprint density at radius 2 is 1.94 bits per heavy atom. The molecule has 8 atom stereocenters. The van der Waals surface area contributed by atoms with Crippen LogP contribution in [0.5, 0.6) is 0 Å². The van der Waals surface area contributed by atoms with E-state index >= 15 is 0 Å². The third kappa shape index (κ3) is 5.97. The normalized spacial score (nSPS) is 36.4. The Bertz CT molecular complexity index is 675. The van der Waals surface area contributed by atoms with Gasteiger partial charge in [0, 0.05) is 13.0 Å². The van der Waals surface area contributed by atoms with Crippen LogP contribution in [0, 0.1) is 47.3 Å². The lowest BCUT2D eigenvalue weighted by Crippen LogP contribution is -2.47. The fraction of sp³-hybridized carbons (Fsp3) is 0.897. The average molecular weight is 459 g/mol. The van der Waals surface area contributed by atoms with Gasteiger partial charge in [0.1, 0.15) is 6.10 Å². The first-order chi connectivity index (χ1) is 16.0. The molecule has 0 aromatic rings. The molecule has 0 saturated heterocycles. The fourth-order valence-electron chi connectivity index (χ4n) is 8.25. The molecule has 0 aromatic carbocycles. The maximum atomic E-state index is 12.4. The minimum absolute atomic E-state index is 0.0299. The summed E-state index contributed by atoms with van der Waals surface area (Å²) in [6, 6.07) is 0. The van der Waals surface area contributed by atoms with Gasteiger partial charge < -0.3 is 15.8 Å². The second-order valence-electron chi connectivity index (χ2n) is 12.3. The molecule has 1 amide bonds. The number of allylic oxidation sites excluding steroid dienone is 1. The monoisotopic (exact) mass is 458 g/mol. The molecule has 4 heteroatoms. The predicted molar refractivity (Wildman–Crippen MR) is 136 cm³/mol. The van der Waals surface area contributed by atoms with E-state index in [0.29, 0.717) is 24.9 Å².